The summed E-state index contributed by atoms with van der Waals surface area (Å²) in [6.07, 6.45) is 1.90. The Morgan fingerprint density at radius 3 is 2.05 bits per heavy atom. The lowest BCUT2D eigenvalue weighted by Gasteiger charge is -2.27. The number of hydrogen-bond donors (Lipinski definition) is 0. The number of benzene rings is 4. The number of carbonyl (C=O) groups excluding carboxylic acids is 1. The fourth-order valence-electron chi connectivity index (χ4n) is 4.60. The van der Waals surface area contributed by atoms with E-state index in [1.54, 1.807) is 26.0 Å². The van der Waals surface area contributed by atoms with E-state index in [0.29, 0.717) is 49.8 Å². The lowest BCUT2D eigenvalue weighted by molar-refractivity contribution is -0.385. The van der Waals surface area contributed by atoms with Crippen LogP contribution in [0.25, 0.3) is 0 Å². The summed E-state index contributed by atoms with van der Waals surface area (Å²) in [5, 5.41) is 11.6. The summed E-state index contributed by atoms with van der Waals surface area (Å²) in [5.41, 5.74) is 3.75. The van der Waals surface area contributed by atoms with Crippen LogP contribution in [0.2, 0.25) is 0 Å². The van der Waals surface area contributed by atoms with Gasteiger partial charge in [0.05, 0.1) is 23.7 Å². The molecule has 0 atom stereocenters. The van der Waals surface area contributed by atoms with Crippen LogP contribution in [0, 0.1) is 17.0 Å². The molecule has 0 spiro atoms. The highest BCUT2D eigenvalue weighted by Gasteiger charge is 2.18. The van der Waals surface area contributed by atoms with Crippen LogP contribution in [0.15, 0.2) is 97.1 Å². The summed E-state index contributed by atoms with van der Waals surface area (Å²) in [6.45, 7) is 5.72. The lowest BCUT2D eigenvalue weighted by Crippen LogP contribution is -2.23. The van der Waals surface area contributed by atoms with Gasteiger partial charge in [-0.2, -0.15) is 0 Å². The van der Waals surface area contributed by atoms with Crippen molar-refractivity contribution < 1.29 is 23.9 Å². The molecule has 0 N–H and O–H groups in total. The summed E-state index contributed by atoms with van der Waals surface area (Å²) < 4.78 is 16.7. The first kappa shape index (κ1) is 30.1. The molecule has 0 amide bonds. The third-order valence-corrected chi connectivity index (χ3v) is 6.74. The summed E-state index contributed by atoms with van der Waals surface area (Å²) in [4.78, 5) is 24.8. The highest BCUT2D eigenvalue weighted by atomic mass is 16.6. The molecule has 0 saturated carbocycles. The van der Waals surface area contributed by atoms with E-state index in [1.807, 2.05) is 72.8 Å². The van der Waals surface area contributed by atoms with Crippen molar-refractivity contribution in [3.8, 4) is 17.2 Å². The summed E-state index contributed by atoms with van der Waals surface area (Å²) in [5.74, 6) is 1.96. The third-order valence-electron chi connectivity index (χ3n) is 6.74. The number of carbonyl (C=O) groups is 1. The Bertz CT molecular complexity index is 1440. The molecule has 0 radical (unpaired) electrons. The van der Waals surface area contributed by atoms with E-state index in [9.17, 15) is 14.9 Å². The second-order valence-corrected chi connectivity index (χ2v) is 9.85. The number of ether oxygens (including phenoxy) is 3. The Morgan fingerprint density at radius 2 is 1.40 bits per heavy atom. The largest absolute Gasteiger partial charge is 0.494 e. The molecule has 0 saturated heterocycles. The Labute approximate surface area is 246 Å². The molecule has 4 aromatic carbocycles. The van der Waals surface area contributed by atoms with Crippen LogP contribution in [0.5, 0.6) is 17.2 Å². The van der Waals surface area contributed by atoms with E-state index in [-0.39, 0.29) is 16.6 Å². The average Bonchev–Trinajstić information content (AvgIpc) is 2.99. The molecule has 218 valence electrons. The lowest BCUT2D eigenvalue weighted by atomic mass is 10.1. The van der Waals surface area contributed by atoms with Crippen LogP contribution in [0.1, 0.15) is 42.9 Å². The van der Waals surface area contributed by atoms with Crippen LogP contribution < -0.4 is 14.4 Å². The van der Waals surface area contributed by atoms with Crippen molar-refractivity contribution in [3.05, 3.63) is 124 Å². The quantitative estimate of drug-likeness (QED) is 0.0621. The highest BCUT2D eigenvalue weighted by molar-refractivity contribution is 5.69. The van der Waals surface area contributed by atoms with Gasteiger partial charge in [0.25, 0.3) is 5.69 Å². The van der Waals surface area contributed by atoms with Crippen LogP contribution in [0.4, 0.5) is 11.4 Å². The van der Waals surface area contributed by atoms with Gasteiger partial charge in [0.1, 0.15) is 17.2 Å². The zero-order chi connectivity index (χ0) is 29.7. The van der Waals surface area contributed by atoms with Crippen molar-refractivity contribution in [3.63, 3.8) is 0 Å². The molecular formula is C34H36N2O6. The Hall–Kier alpha value is -4.85. The molecule has 0 bridgehead atoms. The van der Waals surface area contributed by atoms with E-state index >= 15 is 0 Å². The molecule has 4 aromatic rings. The van der Waals surface area contributed by atoms with Gasteiger partial charge in [-0.25, -0.2) is 0 Å². The first-order valence-electron chi connectivity index (χ1n) is 14.1. The van der Waals surface area contributed by atoms with Gasteiger partial charge in [0.15, 0.2) is 0 Å². The van der Waals surface area contributed by atoms with Gasteiger partial charge in [-0.3, -0.25) is 14.9 Å². The topological polar surface area (TPSA) is 91.1 Å². The number of esters is 1. The van der Waals surface area contributed by atoms with E-state index < -0.39 is 0 Å². The molecule has 4 rings (SSSR count). The first-order chi connectivity index (χ1) is 20.4. The summed E-state index contributed by atoms with van der Waals surface area (Å²) >= 11 is 0. The SMILES string of the molecule is CCOC(=O)CCCCOc1ccc(Oc2ccc(CN(Cc3ccccc3)c3cccc([N+](=O)[O-])c3C)cc2)cc1. The minimum absolute atomic E-state index is 0.111. The fourth-order valence-corrected chi connectivity index (χ4v) is 4.60. The molecule has 0 aliphatic heterocycles. The van der Waals surface area contributed by atoms with Crippen LogP contribution >= 0.6 is 0 Å². The second kappa shape index (κ2) is 15.2. The molecule has 0 aromatic heterocycles. The van der Waals surface area contributed by atoms with Gasteiger partial charge >= 0.3 is 5.97 Å². The molecule has 8 nitrogen and oxygen atoms in total. The number of hydrogen-bond acceptors (Lipinski definition) is 7. The summed E-state index contributed by atoms with van der Waals surface area (Å²) in [6, 6.07) is 30.6. The van der Waals surface area contributed by atoms with Crippen molar-refractivity contribution in [2.75, 3.05) is 18.1 Å². The zero-order valence-corrected chi connectivity index (χ0v) is 24.0. The fraction of sp³-hybridized carbons (Fsp3) is 0.265. The minimum Gasteiger partial charge on any atom is -0.494 e. The van der Waals surface area contributed by atoms with E-state index in [1.165, 1.54) is 0 Å². The maximum atomic E-state index is 11.6. The van der Waals surface area contributed by atoms with E-state index in [2.05, 4.69) is 17.0 Å². The average molecular weight is 569 g/mol. The Balaban J connectivity index is 1.36. The molecule has 0 aliphatic rings. The second-order valence-electron chi connectivity index (χ2n) is 9.85. The highest BCUT2D eigenvalue weighted by Crippen LogP contribution is 2.31. The Kier molecular flexibility index (Phi) is 10.9. The van der Waals surface area contributed by atoms with E-state index in [0.717, 1.165) is 35.4 Å². The number of rotatable bonds is 15. The van der Waals surface area contributed by atoms with E-state index in [4.69, 9.17) is 14.2 Å². The monoisotopic (exact) mass is 568 g/mol. The van der Waals surface area contributed by atoms with Crippen molar-refractivity contribution in [1.29, 1.82) is 0 Å². The standard InChI is InChI=1S/C34H36N2O6/c1-3-40-34(37)14-7-8-23-41-29-19-21-31(22-20-29)42-30-17-15-28(16-18-30)25-35(24-27-10-5-4-6-11-27)32-12-9-13-33(26(32)2)36(38)39/h4-6,9-13,15-22H,3,7-8,14,23-25H2,1-2H3. The first-order valence-corrected chi connectivity index (χ1v) is 14.1. The minimum atomic E-state index is -0.334. The van der Waals surface area contributed by atoms with Gasteiger partial charge in [0.2, 0.25) is 0 Å². The number of nitro benzene ring substituents is 1. The van der Waals surface area contributed by atoms with Gasteiger partial charge in [-0.1, -0.05) is 48.5 Å². The van der Waals surface area contributed by atoms with Crippen molar-refractivity contribution >= 4 is 17.3 Å². The van der Waals surface area contributed by atoms with Crippen LogP contribution in [-0.4, -0.2) is 24.1 Å². The predicted molar refractivity (Wildman–Crippen MR) is 163 cm³/mol. The molecule has 0 aliphatic carbocycles. The smallest absolute Gasteiger partial charge is 0.305 e. The number of unbranched alkanes of at least 4 members (excludes halogenated alkanes) is 1. The normalized spacial score (nSPS) is 10.6. The predicted octanol–water partition coefficient (Wildman–Crippen LogP) is 8.01. The van der Waals surface area contributed by atoms with Gasteiger partial charge in [-0.15, -0.1) is 0 Å². The molecule has 42 heavy (non-hydrogen) atoms. The summed E-state index contributed by atoms with van der Waals surface area (Å²) in [7, 11) is 0. The van der Waals surface area contributed by atoms with Crippen molar-refractivity contribution in [2.24, 2.45) is 0 Å². The maximum absolute atomic E-state index is 11.6. The number of nitrogens with zero attached hydrogens (tertiary/aromatic N) is 2. The number of nitro groups is 1. The molecule has 0 fully saturated rings. The van der Waals surface area contributed by atoms with Crippen LogP contribution in [0.3, 0.4) is 0 Å². The zero-order valence-electron chi connectivity index (χ0n) is 24.0. The van der Waals surface area contributed by atoms with Gasteiger partial charge in [-0.05, 0) is 80.3 Å². The Morgan fingerprint density at radius 1 is 0.786 bits per heavy atom. The number of anilines is 1. The molecule has 0 unspecified atom stereocenters. The molecule has 0 heterocycles. The van der Waals surface area contributed by atoms with Crippen molar-refractivity contribution in [1.82, 2.24) is 0 Å². The molecule has 8 heteroatoms. The third kappa shape index (κ3) is 8.83. The van der Waals surface area contributed by atoms with Gasteiger partial charge < -0.3 is 19.1 Å². The van der Waals surface area contributed by atoms with Crippen LogP contribution in [-0.2, 0) is 22.6 Å². The maximum Gasteiger partial charge on any atom is 0.305 e. The molecular weight excluding hydrogens is 532 g/mol. The van der Waals surface area contributed by atoms with Gasteiger partial charge in [0, 0.05) is 31.3 Å². The van der Waals surface area contributed by atoms with Crippen molar-refractivity contribution in [2.45, 2.75) is 46.2 Å².